The van der Waals surface area contributed by atoms with Crippen LogP contribution in [-0.4, -0.2) is 32.5 Å². The summed E-state index contributed by atoms with van der Waals surface area (Å²) in [7, 11) is -3.75. The largest absolute Gasteiger partial charge is 0.325 e. The number of amides is 1. The van der Waals surface area contributed by atoms with Gasteiger partial charge in [-0.2, -0.15) is 0 Å². The van der Waals surface area contributed by atoms with E-state index in [1.807, 2.05) is 30.3 Å². The Bertz CT molecular complexity index is 1260. The average molecular weight is 468 g/mol. The molecule has 0 radical (unpaired) electrons. The summed E-state index contributed by atoms with van der Waals surface area (Å²) in [5.41, 5.74) is 0.444. The summed E-state index contributed by atoms with van der Waals surface area (Å²) < 4.78 is 28.1. The maximum atomic E-state index is 12.8. The van der Waals surface area contributed by atoms with Crippen LogP contribution in [0.1, 0.15) is 25.7 Å². The van der Waals surface area contributed by atoms with Gasteiger partial charge in [0.15, 0.2) is 0 Å². The topological polar surface area (TPSA) is 87.6 Å². The molecule has 0 fully saturated rings. The first-order chi connectivity index (χ1) is 15.5. The van der Waals surface area contributed by atoms with E-state index in [4.69, 9.17) is 0 Å². The van der Waals surface area contributed by atoms with Gasteiger partial charge in [0, 0.05) is 23.5 Å². The lowest BCUT2D eigenvalue weighted by atomic mass is 10.1. The number of aliphatic imine (C=N–C) groups is 1. The van der Waals surface area contributed by atoms with E-state index in [1.54, 1.807) is 12.1 Å². The van der Waals surface area contributed by atoms with Gasteiger partial charge in [-0.1, -0.05) is 42.8 Å². The number of rotatable bonds is 6. The molecular formula is C24H25N3O3S2. The summed E-state index contributed by atoms with van der Waals surface area (Å²) in [4.78, 5) is 17.9. The molecule has 4 rings (SSSR count). The molecule has 0 aliphatic carbocycles. The highest BCUT2D eigenvalue weighted by Gasteiger charge is 2.18. The van der Waals surface area contributed by atoms with Crippen LogP contribution in [0.4, 0.5) is 5.69 Å². The number of hydrogen-bond acceptors (Lipinski definition) is 5. The molecule has 3 aromatic rings. The molecule has 1 heterocycles. The highest BCUT2D eigenvalue weighted by molar-refractivity contribution is 8.00. The molecule has 3 aromatic carbocycles. The van der Waals surface area contributed by atoms with E-state index in [0.29, 0.717) is 24.5 Å². The van der Waals surface area contributed by atoms with Gasteiger partial charge < -0.3 is 5.32 Å². The van der Waals surface area contributed by atoms with Crippen molar-refractivity contribution in [2.45, 2.75) is 35.5 Å². The Hall–Kier alpha value is -2.84. The molecule has 1 aliphatic rings. The van der Waals surface area contributed by atoms with Crippen LogP contribution in [0, 0.1) is 0 Å². The number of amidine groups is 1. The molecule has 0 spiro atoms. The minimum Gasteiger partial charge on any atom is -0.325 e. The van der Waals surface area contributed by atoms with Gasteiger partial charge in [-0.15, -0.1) is 11.8 Å². The average Bonchev–Trinajstić information content (AvgIpc) is 3.06. The fourth-order valence-corrected chi connectivity index (χ4v) is 5.39. The number of sulfonamides is 1. The molecule has 0 bridgehead atoms. The Morgan fingerprint density at radius 3 is 2.66 bits per heavy atom. The van der Waals surface area contributed by atoms with Crippen molar-refractivity contribution in [1.82, 2.24) is 4.72 Å². The number of carbonyl (C=O) groups excluding carboxylic acids is 1. The van der Waals surface area contributed by atoms with Crippen LogP contribution in [0.15, 0.2) is 81.5 Å². The summed E-state index contributed by atoms with van der Waals surface area (Å²) in [5.74, 6) is 0.534. The van der Waals surface area contributed by atoms with Gasteiger partial charge in [-0.3, -0.25) is 14.5 Å². The van der Waals surface area contributed by atoms with Crippen LogP contribution >= 0.6 is 11.8 Å². The van der Waals surface area contributed by atoms with Crippen molar-refractivity contribution < 1.29 is 13.2 Å². The Labute approximate surface area is 192 Å². The lowest BCUT2D eigenvalue weighted by molar-refractivity contribution is -0.113. The zero-order valence-corrected chi connectivity index (χ0v) is 19.2. The van der Waals surface area contributed by atoms with Crippen LogP contribution in [0.5, 0.6) is 0 Å². The van der Waals surface area contributed by atoms with E-state index in [1.165, 1.54) is 23.9 Å². The highest BCUT2D eigenvalue weighted by atomic mass is 32.2. The maximum absolute atomic E-state index is 12.8. The Kier molecular flexibility index (Phi) is 7.12. The van der Waals surface area contributed by atoms with Crippen molar-refractivity contribution in [3.8, 4) is 0 Å². The van der Waals surface area contributed by atoms with Crippen LogP contribution in [0.2, 0.25) is 0 Å². The van der Waals surface area contributed by atoms with Gasteiger partial charge >= 0.3 is 0 Å². The van der Waals surface area contributed by atoms with E-state index in [9.17, 15) is 13.2 Å². The van der Waals surface area contributed by atoms with Gasteiger partial charge in [0.1, 0.15) is 5.84 Å². The molecule has 0 aromatic heterocycles. The second-order valence-corrected chi connectivity index (χ2v) is 10.3. The molecule has 0 saturated carbocycles. The smallest absolute Gasteiger partial charge is 0.262 e. The third-order valence-corrected chi connectivity index (χ3v) is 7.52. The molecule has 166 valence electrons. The summed E-state index contributed by atoms with van der Waals surface area (Å²) in [6.45, 7) is 0.642. The molecule has 2 N–H and O–H groups in total. The third kappa shape index (κ3) is 5.89. The number of carbonyl (C=O) groups is 1. The van der Waals surface area contributed by atoms with Gasteiger partial charge in [0.25, 0.3) is 10.0 Å². The van der Waals surface area contributed by atoms with E-state index in [2.05, 4.69) is 27.2 Å². The second kappa shape index (κ2) is 10.2. The standard InChI is InChI=1S/C24H25N3O3S2/c28-24(17-31-21-13-12-18-7-3-4-8-19(18)15-21)26-20-9-6-10-22(16-20)32(29,30)27-23-11-2-1-5-14-25-23/h3-4,6-10,12-13,15-16H,1-2,5,11,14,17H2,(H,25,27)(H,26,28). The van der Waals surface area contributed by atoms with E-state index >= 15 is 0 Å². The third-order valence-electron chi connectivity index (χ3n) is 5.15. The number of fused-ring (bicyclic) bond motifs is 1. The first-order valence-electron chi connectivity index (χ1n) is 10.6. The zero-order chi connectivity index (χ0) is 22.4. The van der Waals surface area contributed by atoms with Crippen molar-refractivity contribution in [2.24, 2.45) is 4.99 Å². The van der Waals surface area contributed by atoms with Crippen molar-refractivity contribution in [3.05, 3.63) is 66.7 Å². The van der Waals surface area contributed by atoms with Crippen molar-refractivity contribution >= 4 is 50.0 Å². The Balaban J connectivity index is 1.38. The molecule has 1 aliphatic heterocycles. The lowest BCUT2D eigenvalue weighted by Gasteiger charge is -2.11. The fraction of sp³-hybridized carbons (Fsp3) is 0.250. The zero-order valence-electron chi connectivity index (χ0n) is 17.6. The predicted molar refractivity (Wildman–Crippen MR) is 131 cm³/mol. The number of thioether (sulfide) groups is 1. The van der Waals surface area contributed by atoms with Gasteiger partial charge in [0.2, 0.25) is 5.91 Å². The van der Waals surface area contributed by atoms with Gasteiger partial charge in [-0.25, -0.2) is 8.42 Å². The molecule has 1 amide bonds. The monoisotopic (exact) mass is 467 g/mol. The summed E-state index contributed by atoms with van der Waals surface area (Å²) >= 11 is 1.44. The summed E-state index contributed by atoms with van der Waals surface area (Å²) in [5, 5.41) is 5.08. The number of nitrogens with one attached hydrogen (secondary N) is 2. The Morgan fingerprint density at radius 2 is 1.78 bits per heavy atom. The molecule has 32 heavy (non-hydrogen) atoms. The first kappa shape index (κ1) is 22.4. The SMILES string of the molecule is O=C(CSc1ccc2ccccc2c1)Nc1cccc(S(=O)(=O)NC2=NCCCCC2)c1. The molecular weight excluding hydrogens is 442 g/mol. The normalized spacial score (nSPS) is 14.4. The number of benzene rings is 3. The number of anilines is 1. The molecule has 0 unspecified atom stereocenters. The lowest BCUT2D eigenvalue weighted by Crippen LogP contribution is -2.30. The van der Waals surface area contributed by atoms with E-state index < -0.39 is 10.0 Å². The molecule has 6 nitrogen and oxygen atoms in total. The quantitative estimate of drug-likeness (QED) is 0.509. The number of nitrogens with zero attached hydrogens (tertiary/aromatic N) is 1. The Morgan fingerprint density at radius 1 is 0.938 bits per heavy atom. The van der Waals surface area contributed by atoms with Crippen LogP contribution in [0.25, 0.3) is 10.8 Å². The van der Waals surface area contributed by atoms with Crippen molar-refractivity contribution in [3.63, 3.8) is 0 Å². The minimum atomic E-state index is -3.75. The van der Waals surface area contributed by atoms with Gasteiger partial charge in [0.05, 0.1) is 10.6 Å². The molecule has 0 saturated heterocycles. The van der Waals surface area contributed by atoms with E-state index in [0.717, 1.165) is 34.9 Å². The predicted octanol–water partition coefficient (Wildman–Crippen LogP) is 4.82. The maximum Gasteiger partial charge on any atom is 0.262 e. The summed E-state index contributed by atoms with van der Waals surface area (Å²) in [6, 6.07) is 20.5. The minimum absolute atomic E-state index is 0.101. The first-order valence-corrected chi connectivity index (χ1v) is 13.0. The summed E-state index contributed by atoms with van der Waals surface area (Å²) in [6.07, 6.45) is 3.57. The second-order valence-electron chi connectivity index (χ2n) is 7.62. The highest BCUT2D eigenvalue weighted by Crippen LogP contribution is 2.24. The van der Waals surface area contributed by atoms with E-state index in [-0.39, 0.29) is 16.6 Å². The van der Waals surface area contributed by atoms with Crippen LogP contribution < -0.4 is 10.0 Å². The van der Waals surface area contributed by atoms with Crippen LogP contribution in [-0.2, 0) is 14.8 Å². The van der Waals surface area contributed by atoms with Crippen LogP contribution in [0.3, 0.4) is 0 Å². The van der Waals surface area contributed by atoms with Crippen molar-refractivity contribution in [1.29, 1.82) is 0 Å². The molecule has 0 atom stereocenters. The van der Waals surface area contributed by atoms with Crippen molar-refractivity contribution in [2.75, 3.05) is 17.6 Å². The number of hydrogen-bond donors (Lipinski definition) is 2. The van der Waals surface area contributed by atoms with Gasteiger partial charge in [-0.05, 0) is 53.9 Å². The fourth-order valence-electron chi connectivity index (χ4n) is 3.52. The molecule has 8 heteroatoms.